The fourth-order valence-corrected chi connectivity index (χ4v) is 3.85. The molecule has 0 spiro atoms. The van der Waals surface area contributed by atoms with Gasteiger partial charge in [0.05, 0.1) is 5.69 Å². The summed E-state index contributed by atoms with van der Waals surface area (Å²) in [5.41, 5.74) is 2.16. The van der Waals surface area contributed by atoms with Crippen molar-refractivity contribution in [1.82, 2.24) is 19.8 Å². The summed E-state index contributed by atoms with van der Waals surface area (Å²) in [5, 5.41) is 4.23. The molecule has 2 fully saturated rings. The molecule has 2 aromatic rings. The van der Waals surface area contributed by atoms with E-state index in [-0.39, 0.29) is 0 Å². The predicted octanol–water partition coefficient (Wildman–Crippen LogP) is 3.38. The summed E-state index contributed by atoms with van der Waals surface area (Å²) in [6, 6.07) is 8.02. The van der Waals surface area contributed by atoms with E-state index in [2.05, 4.69) is 27.0 Å². The van der Waals surface area contributed by atoms with Crippen LogP contribution < -0.4 is 5.32 Å². The van der Waals surface area contributed by atoms with Gasteiger partial charge in [-0.25, -0.2) is 4.98 Å². The summed E-state index contributed by atoms with van der Waals surface area (Å²) in [7, 11) is 0. The number of hydrogen-bond donors (Lipinski definition) is 1. The molecule has 0 atom stereocenters. The van der Waals surface area contributed by atoms with E-state index in [0.29, 0.717) is 5.92 Å². The lowest BCUT2D eigenvalue weighted by molar-refractivity contribution is 0.173. The van der Waals surface area contributed by atoms with Gasteiger partial charge in [0.2, 0.25) is 0 Å². The second kappa shape index (κ2) is 7.26. The number of rotatable bonds is 5. The molecule has 2 saturated heterocycles. The zero-order chi connectivity index (χ0) is 16.4. The van der Waals surface area contributed by atoms with Gasteiger partial charge >= 0.3 is 0 Å². The van der Waals surface area contributed by atoms with Crippen LogP contribution in [0.1, 0.15) is 31.0 Å². The van der Waals surface area contributed by atoms with E-state index in [4.69, 9.17) is 16.6 Å². The summed E-state index contributed by atoms with van der Waals surface area (Å²) >= 11 is 6.17. The van der Waals surface area contributed by atoms with Crippen LogP contribution in [0.5, 0.6) is 0 Å². The molecule has 1 aromatic carbocycles. The quantitative estimate of drug-likeness (QED) is 0.902. The van der Waals surface area contributed by atoms with Crippen molar-refractivity contribution in [2.45, 2.75) is 31.7 Å². The molecule has 3 heterocycles. The minimum absolute atomic E-state index is 0.565. The van der Waals surface area contributed by atoms with E-state index in [9.17, 15) is 0 Å². The average Bonchev–Trinajstić information content (AvgIpc) is 2.99. The molecule has 128 valence electrons. The third-order valence-electron chi connectivity index (χ3n) is 5.24. The Labute approximate surface area is 148 Å². The highest BCUT2D eigenvalue weighted by Crippen LogP contribution is 2.29. The number of halogens is 1. The van der Waals surface area contributed by atoms with E-state index in [1.807, 2.05) is 18.2 Å². The summed E-state index contributed by atoms with van der Waals surface area (Å²) in [4.78, 5) is 7.54. The Morgan fingerprint density at radius 2 is 2.00 bits per heavy atom. The van der Waals surface area contributed by atoms with Gasteiger partial charge in [-0.3, -0.25) is 0 Å². The molecule has 5 heteroatoms. The molecule has 1 aromatic heterocycles. The Morgan fingerprint density at radius 1 is 1.17 bits per heavy atom. The second-order valence-electron chi connectivity index (χ2n) is 6.91. The van der Waals surface area contributed by atoms with Crippen LogP contribution in [0.4, 0.5) is 0 Å². The van der Waals surface area contributed by atoms with E-state index in [0.717, 1.165) is 42.5 Å². The smallest absolute Gasteiger partial charge is 0.112 e. The maximum Gasteiger partial charge on any atom is 0.112 e. The van der Waals surface area contributed by atoms with Gasteiger partial charge in [0, 0.05) is 35.8 Å². The zero-order valence-corrected chi connectivity index (χ0v) is 14.8. The summed E-state index contributed by atoms with van der Waals surface area (Å²) < 4.78 is 2.39. The van der Waals surface area contributed by atoms with Gasteiger partial charge in [-0.15, -0.1) is 0 Å². The Kier molecular flexibility index (Phi) is 4.88. The first-order valence-electron chi connectivity index (χ1n) is 9.06. The lowest BCUT2D eigenvalue weighted by Gasteiger charge is -2.31. The zero-order valence-electron chi connectivity index (χ0n) is 14.0. The van der Waals surface area contributed by atoms with Crippen LogP contribution in [0.2, 0.25) is 5.02 Å². The molecule has 2 aliphatic rings. The van der Waals surface area contributed by atoms with E-state index in [1.165, 1.54) is 38.2 Å². The minimum atomic E-state index is 0.565. The number of piperidine rings is 1. The Bertz CT molecular complexity index is 686. The first kappa shape index (κ1) is 16.1. The molecule has 4 rings (SSSR count). The van der Waals surface area contributed by atoms with E-state index >= 15 is 0 Å². The van der Waals surface area contributed by atoms with Gasteiger partial charge in [0.15, 0.2) is 0 Å². The molecule has 24 heavy (non-hydrogen) atoms. The molecular weight excluding hydrogens is 320 g/mol. The number of nitrogens with zero attached hydrogens (tertiary/aromatic N) is 3. The molecule has 0 radical (unpaired) electrons. The SMILES string of the molecule is Clc1cccc(-c2cn(CCN3CCC3)c(C3CCNCC3)n2)c1. The molecular formula is C19H25ClN4. The number of hydrogen-bond acceptors (Lipinski definition) is 3. The number of likely N-dealkylation sites (tertiary alicyclic amines) is 1. The summed E-state index contributed by atoms with van der Waals surface area (Å²) in [6.45, 7) is 6.85. The van der Waals surface area contributed by atoms with Crippen molar-refractivity contribution in [1.29, 1.82) is 0 Å². The number of aromatic nitrogens is 2. The van der Waals surface area contributed by atoms with E-state index in [1.54, 1.807) is 0 Å². The van der Waals surface area contributed by atoms with Crippen molar-refractivity contribution in [2.75, 3.05) is 32.7 Å². The van der Waals surface area contributed by atoms with Gasteiger partial charge in [-0.05, 0) is 57.6 Å². The van der Waals surface area contributed by atoms with Crippen molar-refractivity contribution in [3.8, 4) is 11.3 Å². The standard InChI is InChI=1S/C19H25ClN4/c20-17-4-1-3-16(13-17)18-14-24(12-11-23-9-2-10-23)19(22-18)15-5-7-21-8-6-15/h1,3-4,13-15,21H,2,5-12H2. The summed E-state index contributed by atoms with van der Waals surface area (Å²) in [5.74, 6) is 1.82. The fraction of sp³-hybridized carbons (Fsp3) is 0.526. The molecule has 2 aliphatic heterocycles. The molecule has 0 saturated carbocycles. The average molecular weight is 345 g/mol. The molecule has 0 amide bonds. The third kappa shape index (κ3) is 3.51. The molecule has 0 aliphatic carbocycles. The highest BCUT2D eigenvalue weighted by atomic mass is 35.5. The van der Waals surface area contributed by atoms with Crippen molar-refractivity contribution in [3.05, 3.63) is 41.3 Å². The monoisotopic (exact) mass is 344 g/mol. The fourth-order valence-electron chi connectivity index (χ4n) is 3.66. The van der Waals surface area contributed by atoms with Crippen LogP contribution in [-0.2, 0) is 6.54 Å². The van der Waals surface area contributed by atoms with Gasteiger partial charge in [0.25, 0.3) is 0 Å². The van der Waals surface area contributed by atoms with Gasteiger partial charge < -0.3 is 14.8 Å². The van der Waals surface area contributed by atoms with Crippen LogP contribution in [0.25, 0.3) is 11.3 Å². The molecule has 4 nitrogen and oxygen atoms in total. The maximum absolute atomic E-state index is 6.17. The maximum atomic E-state index is 6.17. The molecule has 0 bridgehead atoms. The summed E-state index contributed by atoms with van der Waals surface area (Å²) in [6.07, 6.45) is 5.92. The number of benzene rings is 1. The second-order valence-corrected chi connectivity index (χ2v) is 7.34. The highest BCUT2D eigenvalue weighted by molar-refractivity contribution is 6.30. The van der Waals surface area contributed by atoms with Crippen molar-refractivity contribution >= 4 is 11.6 Å². The molecule has 0 unspecified atom stereocenters. The van der Waals surface area contributed by atoms with Crippen molar-refractivity contribution in [3.63, 3.8) is 0 Å². The highest BCUT2D eigenvalue weighted by Gasteiger charge is 2.22. The Morgan fingerprint density at radius 3 is 2.71 bits per heavy atom. The Balaban J connectivity index is 1.61. The van der Waals surface area contributed by atoms with E-state index < -0.39 is 0 Å². The van der Waals surface area contributed by atoms with Crippen LogP contribution in [-0.4, -0.2) is 47.2 Å². The predicted molar refractivity (Wildman–Crippen MR) is 98.6 cm³/mol. The largest absolute Gasteiger partial charge is 0.333 e. The van der Waals surface area contributed by atoms with Crippen molar-refractivity contribution in [2.24, 2.45) is 0 Å². The lowest BCUT2D eigenvalue weighted by atomic mass is 9.97. The topological polar surface area (TPSA) is 33.1 Å². The van der Waals surface area contributed by atoms with Gasteiger partial charge in [0.1, 0.15) is 5.82 Å². The number of nitrogens with one attached hydrogen (secondary N) is 1. The lowest BCUT2D eigenvalue weighted by Crippen LogP contribution is -2.39. The van der Waals surface area contributed by atoms with Crippen molar-refractivity contribution < 1.29 is 0 Å². The van der Waals surface area contributed by atoms with Crippen LogP contribution >= 0.6 is 11.6 Å². The number of imidazole rings is 1. The van der Waals surface area contributed by atoms with Gasteiger partial charge in [-0.2, -0.15) is 0 Å². The third-order valence-corrected chi connectivity index (χ3v) is 5.47. The first-order chi connectivity index (χ1) is 11.8. The van der Waals surface area contributed by atoms with Crippen LogP contribution in [0.15, 0.2) is 30.5 Å². The normalized spacial score (nSPS) is 19.4. The van der Waals surface area contributed by atoms with Crippen LogP contribution in [0, 0.1) is 0 Å². The van der Waals surface area contributed by atoms with Gasteiger partial charge in [-0.1, -0.05) is 23.7 Å². The first-order valence-corrected chi connectivity index (χ1v) is 9.43. The molecule has 1 N–H and O–H groups in total. The Hall–Kier alpha value is -1.36. The van der Waals surface area contributed by atoms with Crippen LogP contribution in [0.3, 0.4) is 0 Å². The minimum Gasteiger partial charge on any atom is -0.333 e.